The van der Waals surface area contributed by atoms with Crippen molar-refractivity contribution in [1.29, 1.82) is 0 Å². The summed E-state index contributed by atoms with van der Waals surface area (Å²) in [5, 5.41) is 15.4. The van der Waals surface area contributed by atoms with Gasteiger partial charge in [0.25, 0.3) is 0 Å². The van der Waals surface area contributed by atoms with Gasteiger partial charge in [-0.3, -0.25) is 0 Å². The highest BCUT2D eigenvalue weighted by Crippen LogP contribution is 2.56. The first-order valence-electron chi connectivity index (χ1n) is 46.0. The van der Waals surface area contributed by atoms with Gasteiger partial charge in [-0.2, -0.15) is 0 Å². The van der Waals surface area contributed by atoms with E-state index in [-0.39, 0.29) is 16.2 Å². The van der Waals surface area contributed by atoms with Crippen LogP contribution in [0.25, 0.3) is 209 Å². The van der Waals surface area contributed by atoms with E-state index in [0.29, 0.717) is 0 Å². The van der Waals surface area contributed by atoms with Crippen LogP contribution in [0.15, 0.2) is 413 Å². The minimum Gasteiger partial charge on any atom is -0.309 e. The second-order valence-corrected chi connectivity index (χ2v) is 38.1. The molecule has 0 spiro atoms. The number of hydrogen-bond acceptors (Lipinski definition) is 0. The maximum Gasteiger partial charge on any atom is 0.0544 e. The normalized spacial score (nSPS) is 13.7. The van der Waals surface area contributed by atoms with Crippen LogP contribution in [-0.4, -0.2) is 27.4 Å². The molecule has 0 aliphatic heterocycles. The van der Waals surface area contributed by atoms with Gasteiger partial charge in [-0.1, -0.05) is 302 Å². The van der Waals surface area contributed by atoms with Crippen molar-refractivity contribution >= 4 is 131 Å². The molecule has 0 saturated heterocycles. The molecular weight excluding hydrogens is 1590 g/mol. The third kappa shape index (κ3) is 11.3. The predicted octanol–water partition coefficient (Wildman–Crippen LogP) is 32.8. The number of rotatable bonds is 7. The molecule has 6 heterocycles. The number of aromatic nitrogens is 6. The summed E-state index contributed by atoms with van der Waals surface area (Å²) >= 11 is 0. The summed E-state index contributed by atoms with van der Waals surface area (Å²) in [4.78, 5) is 0. The van der Waals surface area contributed by atoms with Crippen molar-refractivity contribution in [1.82, 2.24) is 27.4 Å². The van der Waals surface area contributed by atoms with Gasteiger partial charge >= 0.3 is 0 Å². The minimum absolute atomic E-state index is 0.0534. The van der Waals surface area contributed by atoms with Crippen LogP contribution in [-0.2, 0) is 16.2 Å². The second kappa shape index (κ2) is 28.5. The number of hydrogen-bond donors (Lipinski definition) is 0. The van der Waals surface area contributed by atoms with Crippen LogP contribution in [0, 0.1) is 13.8 Å². The van der Waals surface area contributed by atoms with E-state index in [1.54, 1.807) is 0 Å². The van der Waals surface area contributed by atoms with Crippen molar-refractivity contribution in [2.45, 2.75) is 71.6 Å². The zero-order chi connectivity index (χ0) is 87.6. The van der Waals surface area contributed by atoms with Crippen LogP contribution in [0.3, 0.4) is 0 Å². The SMILES string of the molecule is CC1(C)c2ccccc2-c2cc3c4cc(-c5ccccc5)ccc4n(-c4cccc(-n5c6ccccc6c6ccccc65)c4)c3cc21.Cc1cc(-n2c3ccccc3c3ccccc32)cc(-n2c3ccccc3c3cc4c(cc32)C(C)(C)c2ccccc2-4)c1.Cc1ccc2c(c1)c1cc3c(cc1n2-c1cccc(-n2c4ccccc4c4ccccc42)c1)C(C)(C)c1ccccc1-3. The van der Waals surface area contributed by atoms with Gasteiger partial charge in [-0.15, -0.1) is 0 Å². The van der Waals surface area contributed by atoms with Gasteiger partial charge < -0.3 is 27.4 Å². The smallest absolute Gasteiger partial charge is 0.0544 e. The third-order valence-electron chi connectivity index (χ3n) is 29.6. The van der Waals surface area contributed by atoms with Crippen molar-refractivity contribution in [3.8, 4) is 78.6 Å². The number of para-hydroxylation sites is 7. The largest absolute Gasteiger partial charge is 0.309 e. The summed E-state index contributed by atoms with van der Waals surface area (Å²) in [5.74, 6) is 0. The summed E-state index contributed by atoms with van der Waals surface area (Å²) in [6.07, 6.45) is 0. The van der Waals surface area contributed by atoms with Crippen molar-refractivity contribution in [2.24, 2.45) is 0 Å². The first-order chi connectivity index (χ1) is 64.1. The molecule has 6 nitrogen and oxygen atoms in total. The Morgan fingerprint density at radius 3 is 0.771 bits per heavy atom. The summed E-state index contributed by atoms with van der Waals surface area (Å²) in [5.41, 5.74) is 43.2. The monoisotopic (exact) mass is 1680 g/mol. The standard InChI is InChI=1S/C45H32N2.2C40H30N2/c1-45(2)39-20-9-6-17-33(39)36-27-38-37-25-30(29-13-4-3-5-14-29)23-24-43(37)47(44(38)28-40(36)45)32-16-12-15-31(26-32)46-41-21-10-7-18-34(41)35-19-8-11-22-42(35)46;1-25-20-26(41-36-17-9-5-13-29(36)30-14-6-10-18-37(30)41)22-27(21-25)42-38-19-11-7-15-31(38)33-23-32-28-12-4-8-16-34(28)40(2,3)35(32)24-39(33)42;1-25-19-20-38-32(21-25)33-23-31-28-13-4-7-16-34(28)40(2,3)35(31)24-39(33)42(38)27-12-10-11-26(22-27)41-36-17-8-5-14-29(36)30-15-6-9-18-37(30)41/h3-28H,1-2H3;2*4-24H,1-3H3. The molecule has 0 bridgehead atoms. The Morgan fingerprint density at radius 1 is 0.145 bits per heavy atom. The Hall–Kier alpha value is -16.0. The van der Waals surface area contributed by atoms with Gasteiger partial charge in [0.1, 0.15) is 0 Å². The lowest BCUT2D eigenvalue weighted by atomic mass is 9.82. The first kappa shape index (κ1) is 76.2. The number of nitrogens with zero attached hydrogens (tertiary/aromatic N) is 6. The maximum absolute atomic E-state index is 2.48. The Bertz CT molecular complexity index is 9010. The summed E-state index contributed by atoms with van der Waals surface area (Å²) in [6, 6.07) is 153. The van der Waals surface area contributed by atoms with Crippen molar-refractivity contribution in [2.75, 3.05) is 0 Å². The van der Waals surface area contributed by atoms with Crippen LogP contribution in [0.1, 0.15) is 86.1 Å². The zero-order valence-corrected chi connectivity index (χ0v) is 74.4. The van der Waals surface area contributed by atoms with Crippen molar-refractivity contribution < 1.29 is 0 Å². The maximum atomic E-state index is 2.48. The Balaban J connectivity index is 0.000000103. The molecule has 0 fully saturated rings. The fourth-order valence-electron chi connectivity index (χ4n) is 23.5. The highest BCUT2D eigenvalue weighted by Gasteiger charge is 2.40. The fourth-order valence-corrected chi connectivity index (χ4v) is 23.5. The number of aryl methyl sites for hydroxylation is 2. The third-order valence-corrected chi connectivity index (χ3v) is 29.6. The van der Waals surface area contributed by atoms with Crippen molar-refractivity contribution in [3.05, 3.63) is 457 Å². The lowest BCUT2D eigenvalue weighted by Crippen LogP contribution is -2.15. The molecule has 0 amide bonds. The van der Waals surface area contributed by atoms with Gasteiger partial charge in [-0.05, 0) is 255 Å². The molecule has 19 aromatic carbocycles. The average Bonchev–Trinajstić information content (AvgIpc) is 1.55. The van der Waals surface area contributed by atoms with E-state index in [9.17, 15) is 0 Å². The fraction of sp³-hybridized carbons (Fsp3) is 0.0880. The topological polar surface area (TPSA) is 29.6 Å². The van der Waals surface area contributed by atoms with Crippen LogP contribution < -0.4 is 0 Å². The summed E-state index contributed by atoms with van der Waals surface area (Å²) in [7, 11) is 0. The molecule has 622 valence electrons. The summed E-state index contributed by atoms with van der Waals surface area (Å²) < 4.78 is 14.7. The number of benzene rings is 19. The van der Waals surface area contributed by atoms with E-state index >= 15 is 0 Å². The Morgan fingerprint density at radius 2 is 0.405 bits per heavy atom. The molecule has 3 aliphatic rings. The van der Waals surface area contributed by atoms with Crippen LogP contribution in [0.2, 0.25) is 0 Å². The quantitative estimate of drug-likeness (QED) is 0.152. The van der Waals surface area contributed by atoms with E-state index in [2.05, 4.69) is 495 Å². The molecule has 6 aromatic heterocycles. The van der Waals surface area contributed by atoms with Crippen LogP contribution >= 0.6 is 0 Å². The van der Waals surface area contributed by atoms with E-state index < -0.39 is 0 Å². The van der Waals surface area contributed by atoms with E-state index in [0.717, 1.165) is 11.4 Å². The highest BCUT2D eigenvalue weighted by atomic mass is 15.0. The highest BCUT2D eigenvalue weighted by molar-refractivity contribution is 6.17. The van der Waals surface area contributed by atoms with Gasteiger partial charge in [-0.25, -0.2) is 0 Å². The lowest BCUT2D eigenvalue weighted by Gasteiger charge is -2.22. The molecule has 0 unspecified atom stereocenters. The first-order valence-corrected chi connectivity index (χ1v) is 46.0. The number of fused-ring (bicyclic) bond motifs is 27. The summed E-state index contributed by atoms with van der Waals surface area (Å²) in [6.45, 7) is 18.6. The molecule has 25 aromatic rings. The average molecular weight is 1680 g/mol. The molecule has 0 radical (unpaired) electrons. The molecular formula is C125H92N6. The van der Waals surface area contributed by atoms with Gasteiger partial charge in [0, 0.05) is 115 Å². The van der Waals surface area contributed by atoms with Gasteiger partial charge in [0.2, 0.25) is 0 Å². The van der Waals surface area contributed by atoms with E-state index in [4.69, 9.17) is 0 Å². The van der Waals surface area contributed by atoms with Gasteiger partial charge in [0.15, 0.2) is 0 Å². The molecule has 6 heteroatoms. The van der Waals surface area contributed by atoms with Gasteiger partial charge in [0.05, 0.1) is 66.2 Å². The predicted molar refractivity (Wildman–Crippen MR) is 553 cm³/mol. The molecule has 28 rings (SSSR count). The molecule has 131 heavy (non-hydrogen) atoms. The molecule has 0 saturated carbocycles. The van der Waals surface area contributed by atoms with Crippen molar-refractivity contribution in [3.63, 3.8) is 0 Å². The molecule has 0 atom stereocenters. The van der Waals surface area contributed by atoms with E-state index in [1.165, 1.54) is 243 Å². The van der Waals surface area contributed by atoms with E-state index in [1.807, 2.05) is 0 Å². The molecule has 0 N–H and O–H groups in total. The Kier molecular flexibility index (Phi) is 16.6. The lowest BCUT2D eigenvalue weighted by molar-refractivity contribution is 0.661. The second-order valence-electron chi connectivity index (χ2n) is 38.1. The Labute approximate surface area is 760 Å². The van der Waals surface area contributed by atoms with Crippen LogP contribution in [0.4, 0.5) is 0 Å². The van der Waals surface area contributed by atoms with Crippen LogP contribution in [0.5, 0.6) is 0 Å². The minimum atomic E-state index is -0.0819. The molecule has 3 aliphatic carbocycles. The zero-order valence-electron chi connectivity index (χ0n) is 74.4.